The first-order valence-electron chi connectivity index (χ1n) is 33.7. The second-order valence-corrected chi connectivity index (χ2v) is 22.0. The van der Waals surface area contributed by atoms with Crippen molar-refractivity contribution in [1.82, 2.24) is 0 Å². The van der Waals surface area contributed by atoms with Crippen molar-refractivity contribution >= 4 is 17.9 Å². The number of unbranched alkanes of at least 4 members (excludes halogenated alkanes) is 27. The summed E-state index contributed by atoms with van der Waals surface area (Å²) in [6.45, 7) is 6.43. The molecule has 0 rings (SSSR count). The molecule has 460 valence electrons. The second kappa shape index (κ2) is 68.1. The Bertz CT molecular complexity index is 1720. The Morgan fingerprint density at radius 1 is 0.259 bits per heavy atom. The standard InChI is InChI=1S/C75H124O6/c1-4-7-10-13-16-19-22-25-28-31-34-35-36-37-38-39-42-44-47-50-53-56-59-62-65-68-74(77)80-71-72(81-75(78)69-66-63-60-57-54-51-48-45-41-33-30-27-24-21-18-15-12-9-6-3)70-79-73(76)67-64-61-58-55-52-49-46-43-40-32-29-26-23-20-17-14-11-8-5-2/h9,12,17-18,20-22,25-27,29-31,34,40-41,43,45,51,54,60,63,72H,4-8,10-11,13-16,19,23-24,28,32-33,35-39,42,44,46-50,52-53,55-59,61-62,64-71H2,1-3H3/b12-9-,20-17-,21-18-,25-22-,29-26-,30-27-,34-31-,43-40-,45-41-,54-51-,63-60-. The molecule has 0 N–H and O–H groups in total. The highest BCUT2D eigenvalue weighted by Crippen LogP contribution is 2.16. The highest BCUT2D eigenvalue weighted by Gasteiger charge is 2.19. The zero-order valence-electron chi connectivity index (χ0n) is 52.8. The molecule has 0 saturated carbocycles. The quantitative estimate of drug-likeness (QED) is 0.0261. The van der Waals surface area contributed by atoms with Crippen LogP contribution in [0.25, 0.3) is 0 Å². The summed E-state index contributed by atoms with van der Waals surface area (Å²) in [5.41, 5.74) is 0. The average molecular weight is 1120 g/mol. The lowest BCUT2D eigenvalue weighted by Crippen LogP contribution is -2.30. The van der Waals surface area contributed by atoms with Crippen LogP contribution in [0.5, 0.6) is 0 Å². The van der Waals surface area contributed by atoms with Crippen LogP contribution in [0.4, 0.5) is 0 Å². The van der Waals surface area contributed by atoms with Crippen molar-refractivity contribution in [3.05, 3.63) is 134 Å². The molecule has 0 spiro atoms. The largest absolute Gasteiger partial charge is 0.462 e. The predicted octanol–water partition coefficient (Wildman–Crippen LogP) is 23.3. The zero-order valence-corrected chi connectivity index (χ0v) is 52.8. The predicted molar refractivity (Wildman–Crippen MR) is 353 cm³/mol. The minimum absolute atomic E-state index is 0.116. The molecular weight excluding hydrogens is 997 g/mol. The third kappa shape index (κ3) is 66.2. The van der Waals surface area contributed by atoms with Crippen LogP contribution >= 0.6 is 0 Å². The van der Waals surface area contributed by atoms with Gasteiger partial charge in [-0.1, -0.05) is 289 Å². The van der Waals surface area contributed by atoms with Gasteiger partial charge in [-0.15, -0.1) is 0 Å². The Balaban J connectivity index is 4.47. The lowest BCUT2D eigenvalue weighted by atomic mass is 10.0. The Morgan fingerprint density at radius 2 is 0.506 bits per heavy atom. The van der Waals surface area contributed by atoms with Gasteiger partial charge < -0.3 is 14.2 Å². The molecule has 0 fully saturated rings. The lowest BCUT2D eigenvalue weighted by Gasteiger charge is -2.18. The number of hydrogen-bond donors (Lipinski definition) is 0. The fraction of sp³-hybridized carbons (Fsp3) is 0.667. The van der Waals surface area contributed by atoms with Gasteiger partial charge in [0.15, 0.2) is 6.10 Å². The van der Waals surface area contributed by atoms with Gasteiger partial charge in [-0.3, -0.25) is 14.4 Å². The molecule has 0 aromatic rings. The normalized spacial score (nSPS) is 13.0. The summed E-state index contributed by atoms with van der Waals surface area (Å²) in [5.74, 6) is -1.01. The second-order valence-electron chi connectivity index (χ2n) is 22.0. The van der Waals surface area contributed by atoms with Gasteiger partial charge >= 0.3 is 17.9 Å². The Hall–Kier alpha value is -4.45. The molecule has 6 nitrogen and oxygen atoms in total. The van der Waals surface area contributed by atoms with Crippen LogP contribution in [0.3, 0.4) is 0 Å². The highest BCUT2D eigenvalue weighted by molar-refractivity contribution is 5.71. The van der Waals surface area contributed by atoms with Crippen molar-refractivity contribution in [2.75, 3.05) is 13.2 Å². The first-order valence-corrected chi connectivity index (χ1v) is 33.7. The van der Waals surface area contributed by atoms with Gasteiger partial charge in [0.25, 0.3) is 0 Å². The number of carbonyl (C=O) groups excluding carboxylic acids is 3. The van der Waals surface area contributed by atoms with Crippen molar-refractivity contribution in [1.29, 1.82) is 0 Å². The topological polar surface area (TPSA) is 78.9 Å². The number of hydrogen-bond acceptors (Lipinski definition) is 6. The van der Waals surface area contributed by atoms with E-state index in [4.69, 9.17) is 14.2 Å². The number of ether oxygens (including phenoxy) is 3. The van der Waals surface area contributed by atoms with E-state index in [1.807, 2.05) is 6.08 Å². The van der Waals surface area contributed by atoms with E-state index in [0.717, 1.165) is 109 Å². The fourth-order valence-corrected chi connectivity index (χ4v) is 9.09. The van der Waals surface area contributed by atoms with Crippen LogP contribution in [0.15, 0.2) is 134 Å². The van der Waals surface area contributed by atoms with E-state index in [1.54, 1.807) is 0 Å². The summed E-state index contributed by atoms with van der Waals surface area (Å²) < 4.78 is 16.9. The van der Waals surface area contributed by atoms with Crippen molar-refractivity contribution < 1.29 is 28.6 Å². The molecule has 0 amide bonds. The monoisotopic (exact) mass is 1120 g/mol. The third-order valence-corrected chi connectivity index (χ3v) is 14.1. The molecule has 1 unspecified atom stereocenters. The highest BCUT2D eigenvalue weighted by atomic mass is 16.6. The van der Waals surface area contributed by atoms with Crippen molar-refractivity contribution in [3.8, 4) is 0 Å². The van der Waals surface area contributed by atoms with Gasteiger partial charge in [-0.2, -0.15) is 0 Å². The summed E-state index contributed by atoms with van der Waals surface area (Å²) >= 11 is 0. The van der Waals surface area contributed by atoms with Gasteiger partial charge in [0.05, 0.1) is 0 Å². The van der Waals surface area contributed by atoms with E-state index < -0.39 is 12.1 Å². The Labute approximate surface area is 500 Å². The summed E-state index contributed by atoms with van der Waals surface area (Å²) in [6, 6.07) is 0. The zero-order chi connectivity index (χ0) is 58.5. The van der Waals surface area contributed by atoms with E-state index in [9.17, 15) is 14.4 Å². The van der Waals surface area contributed by atoms with E-state index in [0.29, 0.717) is 19.3 Å². The van der Waals surface area contributed by atoms with Crippen LogP contribution in [0.1, 0.15) is 303 Å². The molecule has 0 aliphatic rings. The smallest absolute Gasteiger partial charge is 0.306 e. The molecule has 0 aliphatic heterocycles. The van der Waals surface area contributed by atoms with Crippen LogP contribution in [-0.2, 0) is 28.6 Å². The van der Waals surface area contributed by atoms with Gasteiger partial charge in [0.1, 0.15) is 13.2 Å². The SMILES string of the molecule is CC/C=C\C/C=C\C/C=C\C/C=C\C/C=C\C/C=C\CCC(=O)OC(COC(=O)CCCCCCCC/C=C\C/C=C\C/C=C\CCCCC)COC(=O)CCCCCCCCCCCCCCC/C=C\C/C=C\CCCCCCC. The van der Waals surface area contributed by atoms with E-state index in [2.05, 4.69) is 148 Å². The molecule has 0 bridgehead atoms. The first kappa shape index (κ1) is 76.5. The molecule has 0 aromatic carbocycles. The Kier molecular flexibility index (Phi) is 64.3. The van der Waals surface area contributed by atoms with Gasteiger partial charge in [-0.05, 0) is 128 Å². The minimum Gasteiger partial charge on any atom is -0.462 e. The molecule has 81 heavy (non-hydrogen) atoms. The summed E-state index contributed by atoms with van der Waals surface area (Å²) in [4.78, 5) is 38.4. The van der Waals surface area contributed by atoms with E-state index in [-0.39, 0.29) is 31.6 Å². The molecule has 1 atom stereocenters. The van der Waals surface area contributed by atoms with E-state index >= 15 is 0 Å². The van der Waals surface area contributed by atoms with Crippen LogP contribution in [0, 0.1) is 0 Å². The van der Waals surface area contributed by atoms with E-state index in [1.165, 1.54) is 148 Å². The number of carbonyl (C=O) groups is 3. The maximum atomic E-state index is 12.9. The molecular formula is C75H124O6. The maximum Gasteiger partial charge on any atom is 0.306 e. The van der Waals surface area contributed by atoms with Crippen LogP contribution in [0.2, 0.25) is 0 Å². The van der Waals surface area contributed by atoms with Gasteiger partial charge in [-0.25, -0.2) is 0 Å². The Morgan fingerprint density at radius 3 is 0.827 bits per heavy atom. The maximum absolute atomic E-state index is 12.9. The molecule has 0 aromatic heterocycles. The average Bonchev–Trinajstić information content (AvgIpc) is 3.47. The fourth-order valence-electron chi connectivity index (χ4n) is 9.09. The number of rotatable bonds is 60. The van der Waals surface area contributed by atoms with Crippen molar-refractivity contribution in [2.24, 2.45) is 0 Å². The molecule has 0 aliphatic carbocycles. The summed E-state index contributed by atoms with van der Waals surface area (Å²) in [7, 11) is 0. The number of allylic oxidation sites excluding steroid dienone is 22. The van der Waals surface area contributed by atoms with Gasteiger partial charge in [0.2, 0.25) is 0 Å². The lowest BCUT2D eigenvalue weighted by molar-refractivity contribution is -0.166. The summed E-state index contributed by atoms with van der Waals surface area (Å²) in [6.07, 6.45) is 96.1. The molecule has 0 heterocycles. The third-order valence-electron chi connectivity index (χ3n) is 14.1. The van der Waals surface area contributed by atoms with Gasteiger partial charge in [0, 0.05) is 19.3 Å². The number of esters is 3. The van der Waals surface area contributed by atoms with Crippen LogP contribution < -0.4 is 0 Å². The first-order chi connectivity index (χ1) is 40.0. The van der Waals surface area contributed by atoms with Crippen molar-refractivity contribution in [2.45, 2.75) is 309 Å². The molecule has 0 saturated heterocycles. The summed E-state index contributed by atoms with van der Waals surface area (Å²) in [5, 5.41) is 0. The van der Waals surface area contributed by atoms with Crippen LogP contribution in [-0.4, -0.2) is 37.2 Å². The van der Waals surface area contributed by atoms with Crippen molar-refractivity contribution in [3.63, 3.8) is 0 Å². The molecule has 6 heteroatoms. The minimum atomic E-state index is -0.831. The molecule has 0 radical (unpaired) electrons.